The van der Waals surface area contributed by atoms with Crippen LogP contribution in [0.2, 0.25) is 0 Å². The summed E-state index contributed by atoms with van der Waals surface area (Å²) in [4.78, 5) is 11.3. The molecule has 2 atom stereocenters. The second-order valence-electron chi connectivity index (χ2n) is 4.73. The second kappa shape index (κ2) is 5.83. The van der Waals surface area contributed by atoms with Crippen LogP contribution in [0.15, 0.2) is 18.2 Å². The Morgan fingerprint density at radius 3 is 2.72 bits per heavy atom. The van der Waals surface area contributed by atoms with Crippen LogP contribution in [0, 0.1) is 0 Å². The highest BCUT2D eigenvalue weighted by Crippen LogP contribution is 2.25. The molecule has 1 aliphatic rings. The summed E-state index contributed by atoms with van der Waals surface area (Å²) in [7, 11) is 0. The lowest BCUT2D eigenvalue weighted by Gasteiger charge is -2.21. The molecular formula is C14H17ClO3. The van der Waals surface area contributed by atoms with Crippen molar-refractivity contribution in [3.05, 3.63) is 34.9 Å². The largest absolute Gasteiger partial charge is 0.390 e. The van der Waals surface area contributed by atoms with Gasteiger partial charge in [-0.05, 0) is 29.5 Å². The molecule has 0 saturated carbocycles. The number of halogens is 1. The maximum atomic E-state index is 11.3. The van der Waals surface area contributed by atoms with Crippen LogP contribution in [0.5, 0.6) is 0 Å². The van der Waals surface area contributed by atoms with Crippen molar-refractivity contribution in [2.75, 3.05) is 5.88 Å². The summed E-state index contributed by atoms with van der Waals surface area (Å²) in [5, 5.41) is 19.7. The highest BCUT2D eigenvalue weighted by atomic mass is 35.5. The fourth-order valence-corrected chi connectivity index (χ4v) is 2.53. The fourth-order valence-electron chi connectivity index (χ4n) is 2.30. The van der Waals surface area contributed by atoms with E-state index in [1.54, 1.807) is 6.07 Å². The summed E-state index contributed by atoms with van der Waals surface area (Å²) in [6.07, 6.45) is 0.378. The number of Topliss-reactive ketones (excluding diaryl/α,β-unsaturated/α-hetero) is 1. The van der Waals surface area contributed by atoms with Gasteiger partial charge >= 0.3 is 0 Å². The van der Waals surface area contributed by atoms with Crippen LogP contribution in [0.3, 0.4) is 0 Å². The van der Waals surface area contributed by atoms with Crippen LogP contribution in [0.4, 0.5) is 0 Å². The number of benzene rings is 1. The lowest BCUT2D eigenvalue weighted by Crippen LogP contribution is -2.20. The number of aliphatic hydroxyl groups is 2. The zero-order chi connectivity index (χ0) is 13.1. The van der Waals surface area contributed by atoms with E-state index >= 15 is 0 Å². The Kier molecular flexibility index (Phi) is 4.38. The van der Waals surface area contributed by atoms with Crippen molar-refractivity contribution in [1.82, 2.24) is 0 Å². The molecule has 1 aromatic carbocycles. The van der Waals surface area contributed by atoms with Gasteiger partial charge in [0, 0.05) is 18.7 Å². The van der Waals surface area contributed by atoms with Gasteiger partial charge in [-0.3, -0.25) is 4.79 Å². The van der Waals surface area contributed by atoms with Gasteiger partial charge in [-0.2, -0.15) is 0 Å². The van der Waals surface area contributed by atoms with Crippen LogP contribution in [-0.2, 0) is 17.6 Å². The third kappa shape index (κ3) is 2.91. The molecule has 0 bridgehead atoms. The number of ketones is 1. The van der Waals surface area contributed by atoms with Gasteiger partial charge in [0.2, 0.25) is 0 Å². The Morgan fingerprint density at radius 2 is 2.00 bits per heavy atom. The van der Waals surface area contributed by atoms with Gasteiger partial charge in [0.15, 0.2) is 0 Å². The van der Waals surface area contributed by atoms with Crippen molar-refractivity contribution in [2.45, 2.75) is 37.9 Å². The quantitative estimate of drug-likeness (QED) is 0.819. The summed E-state index contributed by atoms with van der Waals surface area (Å²) >= 11 is 5.55. The van der Waals surface area contributed by atoms with Crippen molar-refractivity contribution in [3.8, 4) is 0 Å². The zero-order valence-electron chi connectivity index (χ0n) is 10.1. The predicted octanol–water partition coefficient (Wildman–Crippen LogP) is 1.77. The minimum absolute atomic E-state index is 0.262. The van der Waals surface area contributed by atoms with E-state index in [-0.39, 0.29) is 5.78 Å². The van der Waals surface area contributed by atoms with Gasteiger partial charge in [0.1, 0.15) is 11.9 Å². The number of aryl methyl sites for hydroxylation is 1. The third-order valence-electron chi connectivity index (χ3n) is 3.40. The van der Waals surface area contributed by atoms with E-state index < -0.39 is 12.2 Å². The maximum absolute atomic E-state index is 11.3. The SMILES string of the molecule is O=C1CCc2cc(C(O)C(O)CCCl)ccc2C1. The highest BCUT2D eigenvalue weighted by Gasteiger charge is 2.21. The number of aliphatic hydroxyl groups excluding tert-OH is 2. The molecule has 0 saturated heterocycles. The second-order valence-corrected chi connectivity index (χ2v) is 5.11. The van der Waals surface area contributed by atoms with Crippen LogP contribution in [0.1, 0.15) is 35.6 Å². The van der Waals surface area contributed by atoms with E-state index in [0.717, 1.165) is 17.5 Å². The molecule has 0 fully saturated rings. The molecule has 0 amide bonds. The standard InChI is InChI=1S/C14H17ClO3/c15-6-5-13(17)14(18)11-2-1-10-8-12(16)4-3-9(10)7-11/h1-2,7,13-14,17-18H,3-6,8H2. The van der Waals surface area contributed by atoms with Crippen LogP contribution in [-0.4, -0.2) is 28.0 Å². The first kappa shape index (κ1) is 13.5. The van der Waals surface area contributed by atoms with E-state index in [9.17, 15) is 15.0 Å². The Morgan fingerprint density at radius 1 is 1.22 bits per heavy atom. The monoisotopic (exact) mass is 268 g/mol. The smallest absolute Gasteiger partial charge is 0.137 e. The number of carbonyl (C=O) groups excluding carboxylic acids is 1. The molecule has 0 aliphatic heterocycles. The van der Waals surface area contributed by atoms with Crippen molar-refractivity contribution in [2.24, 2.45) is 0 Å². The minimum atomic E-state index is -0.910. The van der Waals surface area contributed by atoms with Gasteiger partial charge in [-0.1, -0.05) is 18.2 Å². The van der Waals surface area contributed by atoms with Crippen molar-refractivity contribution in [3.63, 3.8) is 0 Å². The molecule has 98 valence electrons. The normalized spacial score (nSPS) is 18.3. The molecule has 2 N–H and O–H groups in total. The average Bonchev–Trinajstić information content (AvgIpc) is 2.37. The fraction of sp³-hybridized carbons (Fsp3) is 0.500. The summed E-state index contributed by atoms with van der Waals surface area (Å²) in [6.45, 7) is 0. The molecule has 2 rings (SSSR count). The average molecular weight is 269 g/mol. The summed E-state index contributed by atoms with van der Waals surface area (Å²) < 4.78 is 0. The number of alkyl halides is 1. The van der Waals surface area contributed by atoms with Crippen LogP contribution < -0.4 is 0 Å². The van der Waals surface area contributed by atoms with E-state index in [1.165, 1.54) is 0 Å². The molecule has 4 heteroatoms. The first-order valence-electron chi connectivity index (χ1n) is 6.17. The van der Waals surface area contributed by atoms with Gasteiger partial charge in [0.05, 0.1) is 6.10 Å². The number of hydrogen-bond donors (Lipinski definition) is 2. The lowest BCUT2D eigenvalue weighted by molar-refractivity contribution is -0.118. The Labute approximate surface area is 111 Å². The van der Waals surface area contributed by atoms with Crippen molar-refractivity contribution < 1.29 is 15.0 Å². The maximum Gasteiger partial charge on any atom is 0.137 e. The number of hydrogen-bond acceptors (Lipinski definition) is 3. The molecule has 0 radical (unpaired) electrons. The van der Waals surface area contributed by atoms with Gasteiger partial charge < -0.3 is 10.2 Å². The molecule has 18 heavy (non-hydrogen) atoms. The summed E-state index contributed by atoms with van der Waals surface area (Å²) in [6, 6.07) is 5.54. The highest BCUT2D eigenvalue weighted by molar-refractivity contribution is 6.17. The van der Waals surface area contributed by atoms with Crippen molar-refractivity contribution >= 4 is 17.4 Å². The van der Waals surface area contributed by atoms with E-state index in [4.69, 9.17) is 11.6 Å². The molecular weight excluding hydrogens is 252 g/mol. The first-order chi connectivity index (χ1) is 8.61. The number of carbonyl (C=O) groups is 1. The molecule has 1 aliphatic carbocycles. The zero-order valence-corrected chi connectivity index (χ0v) is 10.9. The number of rotatable bonds is 4. The molecule has 1 aromatic rings. The Bertz CT molecular complexity index is 445. The van der Waals surface area contributed by atoms with Crippen molar-refractivity contribution in [1.29, 1.82) is 0 Å². The van der Waals surface area contributed by atoms with E-state index in [0.29, 0.717) is 30.7 Å². The Hall–Kier alpha value is -0.900. The van der Waals surface area contributed by atoms with Gasteiger partial charge in [-0.15, -0.1) is 11.6 Å². The van der Waals surface area contributed by atoms with E-state index in [1.807, 2.05) is 12.1 Å². The predicted molar refractivity (Wildman–Crippen MR) is 69.8 cm³/mol. The van der Waals surface area contributed by atoms with Gasteiger partial charge in [-0.25, -0.2) is 0 Å². The molecule has 0 heterocycles. The third-order valence-corrected chi connectivity index (χ3v) is 3.62. The van der Waals surface area contributed by atoms with Crippen LogP contribution >= 0.6 is 11.6 Å². The Balaban J connectivity index is 2.18. The van der Waals surface area contributed by atoms with Crippen LogP contribution in [0.25, 0.3) is 0 Å². The number of fused-ring (bicyclic) bond motifs is 1. The summed E-state index contributed by atoms with van der Waals surface area (Å²) in [5.41, 5.74) is 2.83. The first-order valence-corrected chi connectivity index (χ1v) is 6.70. The minimum Gasteiger partial charge on any atom is -0.390 e. The topological polar surface area (TPSA) is 57.5 Å². The van der Waals surface area contributed by atoms with E-state index in [2.05, 4.69) is 0 Å². The molecule has 0 spiro atoms. The molecule has 2 unspecified atom stereocenters. The lowest BCUT2D eigenvalue weighted by atomic mass is 9.88. The molecule has 3 nitrogen and oxygen atoms in total. The van der Waals surface area contributed by atoms with Gasteiger partial charge in [0.25, 0.3) is 0 Å². The molecule has 0 aromatic heterocycles. The summed E-state index contributed by atoms with van der Waals surface area (Å²) in [5.74, 6) is 0.579.